The third-order valence-corrected chi connectivity index (χ3v) is 3.47. The summed E-state index contributed by atoms with van der Waals surface area (Å²) in [4.78, 5) is 10.1. The summed E-state index contributed by atoms with van der Waals surface area (Å²) in [6, 6.07) is 0. The summed E-state index contributed by atoms with van der Waals surface area (Å²) < 4.78 is 16.7. The van der Waals surface area contributed by atoms with Crippen molar-refractivity contribution >= 4 is 23.0 Å². The number of halogens is 3. The summed E-state index contributed by atoms with van der Waals surface area (Å²) in [5, 5.41) is 2.28. The summed E-state index contributed by atoms with van der Waals surface area (Å²) in [5.74, 6) is 0. The second-order valence-corrected chi connectivity index (χ2v) is 6.99. The summed E-state index contributed by atoms with van der Waals surface area (Å²) in [5.41, 5.74) is 0. The van der Waals surface area contributed by atoms with Crippen molar-refractivity contribution < 1.29 is 58.2 Å². The van der Waals surface area contributed by atoms with Gasteiger partial charge in [-0.15, -0.1) is 0 Å². The van der Waals surface area contributed by atoms with Crippen LogP contribution in [0.25, 0.3) is 0 Å². The van der Waals surface area contributed by atoms with Crippen LogP contribution >= 0.6 is 23.0 Å². The minimum absolute atomic E-state index is 0.615. The van der Waals surface area contributed by atoms with Crippen molar-refractivity contribution in [2.75, 3.05) is 21.1 Å². The molecule has 0 bridgehead atoms. The van der Waals surface area contributed by atoms with Gasteiger partial charge in [0.25, 0.3) is 0 Å². The Hall–Kier alpha value is 1.87. The van der Waals surface area contributed by atoms with Crippen molar-refractivity contribution in [3.05, 3.63) is 0 Å². The van der Waals surface area contributed by atoms with E-state index in [2.05, 4.69) is 0 Å². The Morgan fingerprint density at radius 3 is 2.29 bits per heavy atom. The average Bonchev–Trinajstić information content (AvgIpc) is 2.14. The third-order valence-electron chi connectivity index (χ3n) is 0.744. The van der Waals surface area contributed by atoms with E-state index < -0.39 is 43.8 Å². The van der Waals surface area contributed by atoms with Crippen molar-refractivity contribution in [3.63, 3.8) is 0 Å². The molecule has 0 saturated heterocycles. The zero-order valence-electron chi connectivity index (χ0n) is 7.69. The number of hydroxylamine groups is 5. The normalized spacial score (nSPS) is 12.6. The van der Waals surface area contributed by atoms with Crippen LogP contribution < -0.4 is 47.7 Å². The van der Waals surface area contributed by atoms with Gasteiger partial charge in [0.15, 0.2) is 0 Å². The minimum atomic E-state index is -0.795. The molecule has 2 N–H and O–H groups in total. The molecule has 14 heavy (non-hydrogen) atoms. The van der Waals surface area contributed by atoms with Crippen molar-refractivity contribution in [1.82, 2.24) is 13.7 Å². The summed E-state index contributed by atoms with van der Waals surface area (Å²) in [6.07, 6.45) is 0. The Bertz CT molecular complexity index is 145. The predicted octanol–water partition coefficient (Wildman–Crippen LogP) is -6.43. The van der Waals surface area contributed by atoms with Gasteiger partial charge in [-0.05, 0) is 0 Å². The Kier molecular flexibility index (Phi) is 11.4. The second kappa shape index (κ2) is 10.1. The molecule has 0 aromatic heterocycles. The maximum absolute atomic E-state index is 5.40. The zero-order chi connectivity index (χ0) is 11.0. The van der Waals surface area contributed by atoms with Crippen LogP contribution in [-0.4, -0.2) is 34.9 Å². The quantitative estimate of drug-likeness (QED) is 0.183. The Balaban J connectivity index is 3.54. The van der Waals surface area contributed by atoms with Crippen molar-refractivity contribution in [2.45, 2.75) is 0 Å². The molecule has 0 saturated carbocycles. The molecule has 0 aliphatic heterocycles. The van der Waals surface area contributed by atoms with E-state index >= 15 is 0 Å². The Labute approximate surface area is 119 Å². The van der Waals surface area contributed by atoms with Crippen LogP contribution in [0.5, 0.6) is 0 Å². The number of hydrogen-bond donors (Lipinski definition) is 1. The first-order valence-electron chi connectivity index (χ1n) is 3.10. The fourth-order valence-corrected chi connectivity index (χ4v) is 1.53. The van der Waals surface area contributed by atoms with E-state index in [9.17, 15) is 0 Å². The number of nitrogens with zero attached hydrogens (tertiary/aromatic N) is 3. The van der Waals surface area contributed by atoms with E-state index in [0.29, 0.717) is 0 Å². The van der Waals surface area contributed by atoms with Gasteiger partial charge < -0.3 is 0 Å². The van der Waals surface area contributed by atoms with Gasteiger partial charge in [-0.3, -0.25) is 0 Å². The number of hydrogen-bond acceptors (Lipinski definition) is 8. The SMILES string of the molecule is CN(O[I-]OI)ON(C)ON(C)[I-]N. The van der Waals surface area contributed by atoms with Gasteiger partial charge in [-0.2, -0.15) is 0 Å². The monoisotopic (exact) mass is 548 g/mol. The zero-order valence-corrected chi connectivity index (χ0v) is 14.2. The molecule has 0 rings (SSSR count). The van der Waals surface area contributed by atoms with Gasteiger partial charge in [0.1, 0.15) is 0 Å². The molecule has 0 heterocycles. The Morgan fingerprint density at radius 2 is 1.79 bits per heavy atom. The fraction of sp³-hybridized carbons (Fsp3) is 1.00. The molecular weight excluding hydrogens is 537 g/mol. The Morgan fingerprint density at radius 1 is 1.14 bits per heavy atom. The van der Waals surface area contributed by atoms with E-state index in [1.54, 1.807) is 44.1 Å². The number of nitrogens with two attached hydrogens (primary N) is 1. The third kappa shape index (κ3) is 9.12. The molecule has 0 aromatic carbocycles. The van der Waals surface area contributed by atoms with Crippen LogP contribution in [0.2, 0.25) is 0 Å². The topological polar surface area (TPSA) is 72.7 Å². The first-order valence-corrected chi connectivity index (χ1v) is 7.96. The molecule has 0 spiro atoms. The molecule has 0 aliphatic carbocycles. The van der Waals surface area contributed by atoms with Crippen molar-refractivity contribution in [1.29, 1.82) is 0 Å². The van der Waals surface area contributed by atoms with Gasteiger partial charge in [0.05, 0.1) is 0 Å². The summed E-state index contributed by atoms with van der Waals surface area (Å²) in [7, 11) is 4.89. The molecule has 90 valence electrons. The van der Waals surface area contributed by atoms with Gasteiger partial charge in [0, 0.05) is 0 Å². The van der Waals surface area contributed by atoms with Crippen LogP contribution in [0.4, 0.5) is 0 Å². The second-order valence-electron chi connectivity index (χ2n) is 1.75. The van der Waals surface area contributed by atoms with E-state index in [0.717, 1.165) is 10.5 Å². The first kappa shape index (κ1) is 15.9. The molecule has 0 atom stereocenters. The average molecular weight is 548 g/mol. The molecule has 0 aliphatic rings. The first-order chi connectivity index (χ1) is 6.60. The fourth-order valence-electron chi connectivity index (χ4n) is 0.416. The van der Waals surface area contributed by atoms with E-state index in [-0.39, 0.29) is 0 Å². The van der Waals surface area contributed by atoms with E-state index in [1.165, 1.54) is 3.28 Å². The van der Waals surface area contributed by atoms with Gasteiger partial charge in [0.2, 0.25) is 0 Å². The molecule has 0 fully saturated rings. The number of rotatable bonds is 8. The van der Waals surface area contributed by atoms with Gasteiger partial charge in [-0.1, -0.05) is 0 Å². The summed E-state index contributed by atoms with van der Waals surface area (Å²) >= 11 is 0.346. The van der Waals surface area contributed by atoms with Crippen LogP contribution in [-0.2, 0) is 14.4 Å². The van der Waals surface area contributed by atoms with Crippen LogP contribution in [0, 0.1) is 0 Å². The van der Waals surface area contributed by atoms with E-state index in [1.807, 2.05) is 0 Å². The van der Waals surface area contributed by atoms with Crippen molar-refractivity contribution in [2.24, 2.45) is 3.95 Å². The summed E-state index contributed by atoms with van der Waals surface area (Å²) in [6.45, 7) is 0. The van der Waals surface area contributed by atoms with E-state index in [4.69, 9.17) is 18.4 Å². The molecular formula is C3H11I3N4O4-2. The van der Waals surface area contributed by atoms with Crippen LogP contribution in [0.1, 0.15) is 0 Å². The molecule has 0 unspecified atom stereocenters. The molecule has 0 aromatic rings. The standard InChI is InChI=1S/C3H11I3N4O4/c1-8(5-7)13-10(3)14-9(2)12-6-11-4/h7H2,1-3H3/q-2. The molecule has 0 amide bonds. The molecule has 8 nitrogen and oxygen atoms in total. The molecule has 0 radical (unpaired) electrons. The maximum atomic E-state index is 5.40. The van der Waals surface area contributed by atoms with Gasteiger partial charge in [-0.25, -0.2) is 0 Å². The predicted molar refractivity (Wildman–Crippen MR) is 45.8 cm³/mol. The van der Waals surface area contributed by atoms with Crippen LogP contribution in [0.3, 0.4) is 0 Å². The van der Waals surface area contributed by atoms with Crippen LogP contribution in [0.15, 0.2) is 0 Å². The van der Waals surface area contributed by atoms with Crippen molar-refractivity contribution in [3.8, 4) is 0 Å². The van der Waals surface area contributed by atoms with Gasteiger partial charge >= 0.3 is 120 Å². The molecule has 11 heteroatoms.